The van der Waals surface area contributed by atoms with E-state index in [0.29, 0.717) is 5.13 Å². The fourth-order valence-corrected chi connectivity index (χ4v) is 2.52. The molecule has 2 aromatic rings. The monoisotopic (exact) mass is 410 g/mol. The molecule has 0 radical (unpaired) electrons. The first-order valence-corrected chi connectivity index (χ1v) is 8.03. The van der Waals surface area contributed by atoms with Gasteiger partial charge in [-0.15, -0.1) is 10.2 Å². The molecule has 0 aliphatic rings. The van der Waals surface area contributed by atoms with Crippen molar-refractivity contribution in [1.29, 1.82) is 5.26 Å². The van der Waals surface area contributed by atoms with E-state index in [1.165, 1.54) is 11.3 Å². The van der Waals surface area contributed by atoms with Crippen LogP contribution in [0, 0.1) is 14.9 Å². The third-order valence-corrected chi connectivity index (χ3v) is 4.24. The summed E-state index contributed by atoms with van der Waals surface area (Å²) in [5.74, 6) is -0.477. The Hall–Kier alpha value is -1.79. The minimum atomic E-state index is -0.477. The highest BCUT2D eigenvalue weighted by molar-refractivity contribution is 14.1. The molecule has 7 heteroatoms. The van der Waals surface area contributed by atoms with Crippen LogP contribution in [0.4, 0.5) is 5.13 Å². The molecule has 1 aromatic carbocycles. The number of halogens is 1. The second-order valence-electron chi connectivity index (χ2n) is 4.03. The van der Waals surface area contributed by atoms with Gasteiger partial charge in [-0.1, -0.05) is 30.4 Å². The molecule has 0 aliphatic carbocycles. The predicted octanol–water partition coefficient (Wildman–Crippen LogP) is 3.25. The number of nitrogens with zero attached hydrogens (tertiary/aromatic N) is 3. The van der Waals surface area contributed by atoms with Crippen LogP contribution in [-0.2, 0) is 11.2 Å². The number of nitriles is 1. The summed E-state index contributed by atoms with van der Waals surface area (Å²) >= 11 is 3.50. The second kappa shape index (κ2) is 7.28. The first-order chi connectivity index (χ1) is 10.1. The average molecular weight is 410 g/mol. The maximum Gasteiger partial charge on any atom is 0.268 e. The molecule has 0 spiro atoms. The lowest BCUT2D eigenvalue weighted by Gasteiger charge is -2.00. The lowest BCUT2D eigenvalue weighted by molar-refractivity contribution is -0.112. The van der Waals surface area contributed by atoms with E-state index < -0.39 is 5.91 Å². The van der Waals surface area contributed by atoms with Gasteiger partial charge < -0.3 is 0 Å². The van der Waals surface area contributed by atoms with Crippen LogP contribution < -0.4 is 5.32 Å². The molecule has 0 aliphatic heterocycles. The van der Waals surface area contributed by atoms with Gasteiger partial charge in [0.05, 0.1) is 0 Å². The molecule has 1 N–H and O–H groups in total. The Morgan fingerprint density at radius 3 is 2.71 bits per heavy atom. The summed E-state index contributed by atoms with van der Waals surface area (Å²) in [6.07, 6.45) is 2.31. The number of rotatable bonds is 4. The van der Waals surface area contributed by atoms with E-state index in [9.17, 15) is 4.79 Å². The fourth-order valence-electron chi connectivity index (χ4n) is 1.49. The van der Waals surface area contributed by atoms with E-state index in [2.05, 4.69) is 38.1 Å². The van der Waals surface area contributed by atoms with Crippen LogP contribution in [0.25, 0.3) is 6.08 Å². The van der Waals surface area contributed by atoms with Crippen molar-refractivity contribution in [2.24, 2.45) is 0 Å². The molecule has 1 heterocycles. The number of anilines is 1. The van der Waals surface area contributed by atoms with Crippen LogP contribution in [0.2, 0.25) is 0 Å². The molecule has 0 atom stereocenters. The van der Waals surface area contributed by atoms with E-state index in [1.54, 1.807) is 6.08 Å². The number of carbonyl (C=O) groups is 1. The lowest BCUT2D eigenvalue weighted by atomic mass is 10.1. The summed E-state index contributed by atoms with van der Waals surface area (Å²) in [7, 11) is 0. The summed E-state index contributed by atoms with van der Waals surface area (Å²) in [5, 5.41) is 20.7. The summed E-state index contributed by atoms with van der Waals surface area (Å²) in [6, 6.07) is 9.45. The van der Waals surface area contributed by atoms with Gasteiger partial charge in [-0.05, 0) is 52.8 Å². The Balaban J connectivity index is 2.15. The standard InChI is InChI=1S/C14H11IN4OS/c1-2-12-18-19-14(21-12)17-13(20)10(8-16)7-9-3-5-11(15)6-4-9/h3-7H,2H2,1H3,(H,17,19,20). The third-order valence-electron chi connectivity index (χ3n) is 2.54. The molecular weight excluding hydrogens is 399 g/mol. The first-order valence-electron chi connectivity index (χ1n) is 6.13. The maximum absolute atomic E-state index is 12.0. The SMILES string of the molecule is CCc1nnc(NC(=O)C(C#N)=Cc2ccc(I)cc2)s1. The molecular formula is C14H11IN4OS. The van der Waals surface area contributed by atoms with Gasteiger partial charge in [-0.2, -0.15) is 5.26 Å². The molecule has 0 bridgehead atoms. The topological polar surface area (TPSA) is 78.7 Å². The van der Waals surface area contributed by atoms with Crippen LogP contribution in [0.1, 0.15) is 17.5 Å². The van der Waals surface area contributed by atoms with E-state index in [1.807, 2.05) is 37.3 Å². The first kappa shape index (κ1) is 15.6. The van der Waals surface area contributed by atoms with Gasteiger partial charge in [0, 0.05) is 3.57 Å². The van der Waals surface area contributed by atoms with Crippen LogP contribution in [0.3, 0.4) is 0 Å². The number of hydrogen-bond acceptors (Lipinski definition) is 5. The van der Waals surface area contributed by atoms with Gasteiger partial charge in [-0.3, -0.25) is 10.1 Å². The zero-order valence-corrected chi connectivity index (χ0v) is 14.1. The molecule has 0 fully saturated rings. The smallest absolute Gasteiger partial charge is 0.268 e. The minimum Gasteiger partial charge on any atom is -0.296 e. The number of benzene rings is 1. The quantitative estimate of drug-likeness (QED) is 0.477. The Labute approximate surface area is 139 Å². The highest BCUT2D eigenvalue weighted by Gasteiger charge is 2.12. The van der Waals surface area contributed by atoms with Crippen molar-refractivity contribution in [3.63, 3.8) is 0 Å². The van der Waals surface area contributed by atoms with Crippen molar-refractivity contribution in [1.82, 2.24) is 10.2 Å². The molecule has 106 valence electrons. The molecule has 0 unspecified atom stereocenters. The summed E-state index contributed by atoms with van der Waals surface area (Å²) in [6.45, 7) is 1.96. The van der Waals surface area contributed by atoms with E-state index in [4.69, 9.17) is 5.26 Å². The Kier molecular flexibility index (Phi) is 5.41. The summed E-state index contributed by atoms with van der Waals surface area (Å²) < 4.78 is 1.09. The zero-order chi connectivity index (χ0) is 15.2. The Bertz CT molecular complexity index is 715. The van der Waals surface area contributed by atoms with Crippen molar-refractivity contribution < 1.29 is 4.79 Å². The zero-order valence-electron chi connectivity index (χ0n) is 11.1. The average Bonchev–Trinajstić information content (AvgIpc) is 2.94. The Morgan fingerprint density at radius 2 is 2.14 bits per heavy atom. The van der Waals surface area contributed by atoms with E-state index in [-0.39, 0.29) is 5.57 Å². The van der Waals surface area contributed by atoms with Gasteiger partial charge in [0.25, 0.3) is 5.91 Å². The number of nitrogens with one attached hydrogen (secondary N) is 1. The van der Waals surface area contributed by atoms with Crippen molar-refractivity contribution in [2.75, 3.05) is 5.32 Å². The minimum absolute atomic E-state index is 0.0319. The molecule has 0 saturated heterocycles. The highest BCUT2D eigenvalue weighted by Crippen LogP contribution is 2.17. The molecule has 0 saturated carbocycles. The predicted molar refractivity (Wildman–Crippen MR) is 90.7 cm³/mol. The number of amides is 1. The molecule has 5 nitrogen and oxygen atoms in total. The van der Waals surface area contributed by atoms with Crippen molar-refractivity contribution in [3.8, 4) is 6.07 Å². The second-order valence-corrected chi connectivity index (χ2v) is 6.34. The molecule has 21 heavy (non-hydrogen) atoms. The normalized spacial score (nSPS) is 11.0. The van der Waals surface area contributed by atoms with Gasteiger partial charge in [-0.25, -0.2) is 0 Å². The maximum atomic E-state index is 12.0. The van der Waals surface area contributed by atoms with Gasteiger partial charge >= 0.3 is 0 Å². The van der Waals surface area contributed by atoms with Crippen LogP contribution >= 0.6 is 33.9 Å². The lowest BCUT2D eigenvalue weighted by Crippen LogP contribution is -2.13. The van der Waals surface area contributed by atoms with Crippen LogP contribution in [-0.4, -0.2) is 16.1 Å². The van der Waals surface area contributed by atoms with E-state index >= 15 is 0 Å². The number of carbonyl (C=O) groups excluding carboxylic acids is 1. The van der Waals surface area contributed by atoms with Crippen molar-refractivity contribution in [2.45, 2.75) is 13.3 Å². The largest absolute Gasteiger partial charge is 0.296 e. The molecule has 1 amide bonds. The van der Waals surface area contributed by atoms with Gasteiger partial charge in [0.2, 0.25) is 5.13 Å². The number of hydrogen-bond donors (Lipinski definition) is 1. The Morgan fingerprint density at radius 1 is 1.43 bits per heavy atom. The summed E-state index contributed by atoms with van der Waals surface area (Å²) in [5.41, 5.74) is 0.832. The highest BCUT2D eigenvalue weighted by atomic mass is 127. The fraction of sp³-hybridized carbons (Fsp3) is 0.143. The van der Waals surface area contributed by atoms with E-state index in [0.717, 1.165) is 20.6 Å². The summed E-state index contributed by atoms with van der Waals surface area (Å²) in [4.78, 5) is 12.0. The van der Waals surface area contributed by atoms with Crippen LogP contribution in [0.15, 0.2) is 29.8 Å². The molecule has 2 rings (SSSR count). The van der Waals surface area contributed by atoms with Crippen molar-refractivity contribution >= 4 is 51.0 Å². The van der Waals surface area contributed by atoms with Gasteiger partial charge in [0.1, 0.15) is 16.6 Å². The number of aryl methyl sites for hydroxylation is 1. The molecule has 1 aromatic heterocycles. The third kappa shape index (κ3) is 4.34. The van der Waals surface area contributed by atoms with Crippen molar-refractivity contribution in [3.05, 3.63) is 44.0 Å². The van der Waals surface area contributed by atoms with Gasteiger partial charge in [0.15, 0.2) is 0 Å². The van der Waals surface area contributed by atoms with Crippen LogP contribution in [0.5, 0.6) is 0 Å². The number of aromatic nitrogens is 2.